The van der Waals surface area contributed by atoms with Gasteiger partial charge in [0, 0.05) is 17.3 Å². The average molecular weight is 274 g/mol. The first kappa shape index (κ1) is 11.9. The molecule has 1 rings (SSSR count). The summed E-state index contributed by atoms with van der Waals surface area (Å²) >= 11 is 3.24. The predicted octanol–water partition coefficient (Wildman–Crippen LogP) is 1.40. The molecule has 0 aliphatic carbocycles. The van der Waals surface area contributed by atoms with Crippen molar-refractivity contribution in [1.82, 2.24) is 4.98 Å². The number of ether oxygens (including phenoxy) is 1. The first-order valence-electron chi connectivity index (χ1n) is 4.42. The Bertz CT molecular complexity index is 357. The zero-order valence-corrected chi connectivity index (χ0v) is 9.87. The van der Waals surface area contributed by atoms with Gasteiger partial charge in [0.2, 0.25) is 5.91 Å². The van der Waals surface area contributed by atoms with Gasteiger partial charge in [-0.1, -0.05) is 0 Å². The monoisotopic (exact) mass is 273 g/mol. The number of nitrogens with one attached hydrogen (secondary N) is 1. The number of nitrogens with two attached hydrogens (primary N) is 1. The summed E-state index contributed by atoms with van der Waals surface area (Å²) in [7, 11) is 0. The predicted molar refractivity (Wildman–Crippen MR) is 61.5 cm³/mol. The molecule has 0 bridgehead atoms. The van der Waals surface area contributed by atoms with Crippen molar-refractivity contribution in [1.29, 1.82) is 0 Å². The summed E-state index contributed by atoms with van der Waals surface area (Å²) in [5.41, 5.74) is 6.06. The molecule has 15 heavy (non-hydrogen) atoms. The van der Waals surface area contributed by atoms with Crippen LogP contribution in [0.15, 0.2) is 16.7 Å². The number of anilines is 2. The molecule has 3 N–H and O–H groups in total. The van der Waals surface area contributed by atoms with E-state index in [1.807, 2.05) is 6.92 Å². The third-order valence-electron chi connectivity index (χ3n) is 1.60. The molecular weight excluding hydrogens is 262 g/mol. The summed E-state index contributed by atoms with van der Waals surface area (Å²) in [6.07, 6.45) is 1.56. The van der Waals surface area contributed by atoms with Crippen LogP contribution in [-0.2, 0) is 9.53 Å². The molecule has 0 spiro atoms. The molecule has 0 aromatic carbocycles. The van der Waals surface area contributed by atoms with Crippen LogP contribution in [-0.4, -0.2) is 24.1 Å². The minimum atomic E-state index is -0.247. The molecule has 0 aliphatic rings. The maximum atomic E-state index is 11.3. The molecule has 5 nitrogen and oxygen atoms in total. The lowest BCUT2D eigenvalue weighted by atomic mass is 10.4. The Balaban J connectivity index is 2.63. The Morgan fingerprint density at radius 1 is 1.73 bits per heavy atom. The van der Waals surface area contributed by atoms with Gasteiger partial charge < -0.3 is 15.8 Å². The van der Waals surface area contributed by atoms with Crippen molar-refractivity contribution in [3.05, 3.63) is 16.7 Å². The molecular formula is C9H12BrN3O2. The highest BCUT2D eigenvalue weighted by Crippen LogP contribution is 2.20. The molecule has 0 fully saturated rings. The van der Waals surface area contributed by atoms with Gasteiger partial charge in [0.25, 0.3) is 0 Å². The van der Waals surface area contributed by atoms with Crippen LogP contribution in [0.1, 0.15) is 6.92 Å². The minimum Gasteiger partial charge on any atom is -0.382 e. The van der Waals surface area contributed by atoms with Crippen LogP contribution in [0.25, 0.3) is 0 Å². The third-order valence-corrected chi connectivity index (χ3v) is 2.03. The van der Waals surface area contributed by atoms with E-state index in [0.717, 1.165) is 4.47 Å². The fourth-order valence-corrected chi connectivity index (χ4v) is 1.26. The number of rotatable bonds is 4. The molecule has 6 heteroatoms. The van der Waals surface area contributed by atoms with Crippen LogP contribution in [0.4, 0.5) is 11.5 Å². The van der Waals surface area contributed by atoms with Crippen molar-refractivity contribution in [2.45, 2.75) is 6.92 Å². The van der Waals surface area contributed by atoms with Crippen LogP contribution in [0.5, 0.6) is 0 Å². The Hall–Kier alpha value is -1.14. The number of aromatic nitrogens is 1. The lowest BCUT2D eigenvalue weighted by Crippen LogP contribution is -2.19. The minimum absolute atomic E-state index is 0.0163. The van der Waals surface area contributed by atoms with E-state index in [2.05, 4.69) is 26.2 Å². The molecule has 0 radical (unpaired) electrons. The van der Waals surface area contributed by atoms with E-state index in [9.17, 15) is 4.79 Å². The fourth-order valence-electron chi connectivity index (χ4n) is 0.931. The number of hydrogen-bond donors (Lipinski definition) is 2. The van der Waals surface area contributed by atoms with E-state index >= 15 is 0 Å². The molecule has 1 aromatic heterocycles. The zero-order chi connectivity index (χ0) is 11.3. The number of carbonyl (C=O) groups is 1. The average Bonchev–Trinajstić information content (AvgIpc) is 2.20. The summed E-state index contributed by atoms with van der Waals surface area (Å²) in [5.74, 6) is 0.0338. The largest absolute Gasteiger partial charge is 0.382 e. The molecule has 0 saturated heterocycles. The molecule has 0 unspecified atom stereocenters. The summed E-state index contributed by atoms with van der Waals surface area (Å²) in [6, 6.07) is 1.69. The normalized spacial score (nSPS) is 10.0. The second-order valence-electron chi connectivity index (χ2n) is 2.77. The van der Waals surface area contributed by atoms with Gasteiger partial charge in [-0.05, 0) is 28.9 Å². The molecule has 1 aromatic rings. The van der Waals surface area contributed by atoms with Crippen molar-refractivity contribution in [2.24, 2.45) is 0 Å². The topological polar surface area (TPSA) is 77.2 Å². The second kappa shape index (κ2) is 5.67. The highest BCUT2D eigenvalue weighted by atomic mass is 79.9. The second-order valence-corrected chi connectivity index (χ2v) is 3.69. The Kier molecular flexibility index (Phi) is 4.51. The van der Waals surface area contributed by atoms with E-state index in [0.29, 0.717) is 12.3 Å². The maximum Gasteiger partial charge on any atom is 0.250 e. The van der Waals surface area contributed by atoms with E-state index in [-0.39, 0.29) is 18.3 Å². The maximum absolute atomic E-state index is 11.3. The Morgan fingerprint density at radius 3 is 3.13 bits per heavy atom. The smallest absolute Gasteiger partial charge is 0.250 e. The summed E-state index contributed by atoms with van der Waals surface area (Å²) in [4.78, 5) is 15.2. The summed E-state index contributed by atoms with van der Waals surface area (Å²) in [6.45, 7) is 2.34. The Morgan fingerprint density at radius 2 is 2.47 bits per heavy atom. The van der Waals surface area contributed by atoms with Crippen LogP contribution in [0, 0.1) is 0 Å². The number of carbonyl (C=O) groups excluding carboxylic acids is 1. The standard InChI is InChI=1S/C9H12BrN3O2/c1-2-15-5-8(14)13-7-3-6(10)4-12-9(7)11/h3-4H,2,5H2,1H3,(H2,11,12)(H,13,14). The van der Waals surface area contributed by atoms with E-state index in [1.54, 1.807) is 12.3 Å². The van der Waals surface area contributed by atoms with Crippen LogP contribution < -0.4 is 11.1 Å². The lowest BCUT2D eigenvalue weighted by Gasteiger charge is -2.07. The van der Waals surface area contributed by atoms with Gasteiger partial charge in [-0.2, -0.15) is 0 Å². The number of nitrogens with zero attached hydrogens (tertiary/aromatic N) is 1. The number of halogens is 1. The van der Waals surface area contributed by atoms with Crippen molar-refractivity contribution >= 4 is 33.3 Å². The molecule has 0 aliphatic heterocycles. The number of amides is 1. The Labute approximate surface area is 96.1 Å². The lowest BCUT2D eigenvalue weighted by molar-refractivity contribution is -0.120. The van der Waals surface area contributed by atoms with Gasteiger partial charge in [-0.15, -0.1) is 0 Å². The van der Waals surface area contributed by atoms with Crippen molar-refractivity contribution in [3.8, 4) is 0 Å². The number of hydrogen-bond acceptors (Lipinski definition) is 4. The number of nitrogen functional groups attached to an aromatic ring is 1. The quantitative estimate of drug-likeness (QED) is 0.870. The zero-order valence-electron chi connectivity index (χ0n) is 8.29. The molecule has 0 saturated carbocycles. The fraction of sp³-hybridized carbons (Fsp3) is 0.333. The van der Waals surface area contributed by atoms with Crippen molar-refractivity contribution < 1.29 is 9.53 Å². The van der Waals surface area contributed by atoms with Gasteiger partial charge in [0.05, 0.1) is 5.69 Å². The van der Waals surface area contributed by atoms with Crippen LogP contribution in [0.3, 0.4) is 0 Å². The molecule has 1 amide bonds. The van der Waals surface area contributed by atoms with Crippen molar-refractivity contribution in [2.75, 3.05) is 24.3 Å². The number of pyridine rings is 1. The molecule has 0 atom stereocenters. The summed E-state index contributed by atoms with van der Waals surface area (Å²) in [5, 5.41) is 2.60. The molecule has 82 valence electrons. The SMILES string of the molecule is CCOCC(=O)Nc1cc(Br)cnc1N. The van der Waals surface area contributed by atoms with Crippen LogP contribution in [0.2, 0.25) is 0 Å². The van der Waals surface area contributed by atoms with E-state index in [4.69, 9.17) is 10.5 Å². The molecule has 1 heterocycles. The van der Waals surface area contributed by atoms with Gasteiger partial charge in [0.15, 0.2) is 0 Å². The van der Waals surface area contributed by atoms with E-state index < -0.39 is 0 Å². The van der Waals surface area contributed by atoms with E-state index in [1.165, 1.54) is 0 Å². The first-order chi connectivity index (χ1) is 7.13. The van der Waals surface area contributed by atoms with Gasteiger partial charge in [0.1, 0.15) is 12.4 Å². The van der Waals surface area contributed by atoms with Gasteiger partial charge in [-0.25, -0.2) is 4.98 Å². The highest BCUT2D eigenvalue weighted by molar-refractivity contribution is 9.10. The highest BCUT2D eigenvalue weighted by Gasteiger charge is 2.06. The third kappa shape index (κ3) is 3.85. The van der Waals surface area contributed by atoms with Crippen LogP contribution >= 0.6 is 15.9 Å². The van der Waals surface area contributed by atoms with Gasteiger partial charge in [-0.3, -0.25) is 4.79 Å². The van der Waals surface area contributed by atoms with Crippen molar-refractivity contribution in [3.63, 3.8) is 0 Å². The first-order valence-corrected chi connectivity index (χ1v) is 5.21. The summed E-state index contributed by atoms with van der Waals surface area (Å²) < 4.78 is 5.71. The van der Waals surface area contributed by atoms with Gasteiger partial charge >= 0.3 is 0 Å².